The first-order chi connectivity index (χ1) is 15.7. The number of unbranched alkanes of at least 4 members (excludes halogenated alkanes) is 9. The van der Waals surface area contributed by atoms with Crippen molar-refractivity contribution < 1.29 is 14.6 Å². The first-order valence-corrected chi connectivity index (χ1v) is 12.2. The molecule has 0 saturated heterocycles. The lowest BCUT2D eigenvalue weighted by Crippen LogP contribution is -2.11. The molecule has 0 radical (unpaired) electrons. The lowest BCUT2D eigenvalue weighted by atomic mass is 10.0. The smallest absolute Gasteiger partial charge is 0.347 e. The van der Waals surface area contributed by atoms with Crippen molar-refractivity contribution in [3.63, 3.8) is 0 Å². The minimum absolute atomic E-state index is 0.0547. The van der Waals surface area contributed by atoms with Gasteiger partial charge in [0.25, 0.3) is 0 Å². The first-order valence-electron chi connectivity index (χ1n) is 12.2. The van der Waals surface area contributed by atoms with Gasteiger partial charge >= 0.3 is 5.97 Å². The summed E-state index contributed by atoms with van der Waals surface area (Å²) >= 11 is 0. The number of aryl methyl sites for hydroxylation is 1. The second-order valence-electron chi connectivity index (χ2n) is 8.61. The van der Waals surface area contributed by atoms with Gasteiger partial charge in [0.1, 0.15) is 17.1 Å². The highest BCUT2D eigenvalue weighted by atomic mass is 16.5. The third-order valence-electron chi connectivity index (χ3n) is 6.09. The molecule has 3 aromatic rings. The van der Waals surface area contributed by atoms with Crippen LogP contribution in [-0.2, 0) is 6.42 Å². The van der Waals surface area contributed by atoms with E-state index in [1.807, 2.05) is 48.5 Å². The highest BCUT2D eigenvalue weighted by Crippen LogP contribution is 2.29. The summed E-state index contributed by atoms with van der Waals surface area (Å²) in [6.45, 7) is 2.26. The van der Waals surface area contributed by atoms with Gasteiger partial charge in [0, 0.05) is 0 Å². The van der Waals surface area contributed by atoms with Crippen molar-refractivity contribution in [2.24, 2.45) is 0 Å². The molecule has 0 heterocycles. The molecule has 0 aliphatic carbocycles. The number of ether oxygens (including phenoxy) is 1. The zero-order valence-corrected chi connectivity index (χ0v) is 19.3. The molecule has 3 rings (SSSR count). The molecule has 3 heteroatoms. The SMILES string of the molecule is CCCCCCCCCCCCc1ccccc1OC(=O)c1c(O)ccc2ccccc12. The molecule has 0 unspecified atom stereocenters. The van der Waals surface area contributed by atoms with Crippen LogP contribution in [0.1, 0.15) is 87.1 Å². The maximum atomic E-state index is 13.0. The van der Waals surface area contributed by atoms with Crippen molar-refractivity contribution in [2.75, 3.05) is 0 Å². The predicted octanol–water partition coefficient (Wildman–Crippen LogP) is 8.23. The van der Waals surface area contributed by atoms with Crippen LogP contribution in [0.25, 0.3) is 10.8 Å². The van der Waals surface area contributed by atoms with Gasteiger partial charge in [-0.2, -0.15) is 0 Å². The van der Waals surface area contributed by atoms with Crippen LogP contribution >= 0.6 is 0 Å². The number of hydrogen-bond donors (Lipinski definition) is 1. The molecule has 0 spiro atoms. The molecule has 3 aromatic carbocycles. The van der Waals surface area contributed by atoms with E-state index in [0.717, 1.165) is 23.8 Å². The summed E-state index contributed by atoms with van der Waals surface area (Å²) in [5.74, 6) is 0.0106. The van der Waals surface area contributed by atoms with Crippen LogP contribution in [0.2, 0.25) is 0 Å². The summed E-state index contributed by atoms with van der Waals surface area (Å²) in [7, 11) is 0. The zero-order valence-electron chi connectivity index (χ0n) is 19.3. The normalized spacial score (nSPS) is 11.0. The van der Waals surface area contributed by atoms with Crippen LogP contribution in [-0.4, -0.2) is 11.1 Å². The van der Waals surface area contributed by atoms with Crippen molar-refractivity contribution in [1.82, 2.24) is 0 Å². The van der Waals surface area contributed by atoms with E-state index in [2.05, 4.69) is 6.92 Å². The fourth-order valence-electron chi connectivity index (χ4n) is 4.24. The van der Waals surface area contributed by atoms with Gasteiger partial charge in [0.05, 0.1) is 0 Å². The van der Waals surface area contributed by atoms with Gasteiger partial charge in [-0.1, -0.05) is 113 Å². The summed E-state index contributed by atoms with van der Waals surface area (Å²) in [5, 5.41) is 11.9. The molecule has 0 fully saturated rings. The maximum absolute atomic E-state index is 13.0. The molecular formula is C29H36O3. The summed E-state index contributed by atoms with van der Waals surface area (Å²) in [6, 6.07) is 18.6. The molecule has 0 saturated carbocycles. The van der Waals surface area contributed by atoms with E-state index in [9.17, 15) is 9.90 Å². The maximum Gasteiger partial charge on any atom is 0.347 e. The van der Waals surface area contributed by atoms with Crippen molar-refractivity contribution in [3.05, 3.63) is 71.8 Å². The van der Waals surface area contributed by atoms with Gasteiger partial charge in [0.15, 0.2) is 0 Å². The average Bonchev–Trinajstić information content (AvgIpc) is 2.81. The number of phenols is 1. The number of carbonyl (C=O) groups is 1. The predicted molar refractivity (Wildman–Crippen MR) is 133 cm³/mol. The van der Waals surface area contributed by atoms with Crippen molar-refractivity contribution >= 4 is 16.7 Å². The van der Waals surface area contributed by atoms with Gasteiger partial charge in [-0.3, -0.25) is 0 Å². The topological polar surface area (TPSA) is 46.5 Å². The molecule has 3 nitrogen and oxygen atoms in total. The quantitative estimate of drug-likeness (QED) is 0.168. The number of fused-ring (bicyclic) bond motifs is 1. The highest BCUT2D eigenvalue weighted by molar-refractivity contribution is 6.07. The number of para-hydroxylation sites is 1. The van der Waals surface area contributed by atoms with Crippen molar-refractivity contribution in [3.8, 4) is 11.5 Å². The molecule has 0 amide bonds. The molecule has 0 atom stereocenters. The number of phenolic OH excluding ortho intramolecular Hbond substituents is 1. The Morgan fingerprint density at radius 2 is 1.38 bits per heavy atom. The number of benzene rings is 3. The summed E-state index contributed by atoms with van der Waals surface area (Å²) < 4.78 is 5.76. The van der Waals surface area contributed by atoms with Crippen molar-refractivity contribution in [2.45, 2.75) is 77.6 Å². The Kier molecular flexibility index (Phi) is 9.61. The van der Waals surface area contributed by atoms with E-state index >= 15 is 0 Å². The lowest BCUT2D eigenvalue weighted by Gasteiger charge is -2.12. The largest absolute Gasteiger partial charge is 0.507 e. The Hall–Kier alpha value is -2.81. The molecular weight excluding hydrogens is 396 g/mol. The van der Waals surface area contributed by atoms with Gasteiger partial charge in [-0.05, 0) is 41.3 Å². The average molecular weight is 433 g/mol. The molecule has 32 heavy (non-hydrogen) atoms. The lowest BCUT2D eigenvalue weighted by molar-refractivity contribution is 0.0732. The van der Waals surface area contributed by atoms with Crippen LogP contribution in [0.3, 0.4) is 0 Å². The highest BCUT2D eigenvalue weighted by Gasteiger charge is 2.18. The fraction of sp³-hybridized carbons (Fsp3) is 0.414. The van der Waals surface area contributed by atoms with Crippen LogP contribution in [0.4, 0.5) is 0 Å². The number of hydrogen-bond acceptors (Lipinski definition) is 3. The van der Waals surface area contributed by atoms with Crippen LogP contribution in [0, 0.1) is 0 Å². The second kappa shape index (κ2) is 12.9. The van der Waals surface area contributed by atoms with Crippen LogP contribution in [0.15, 0.2) is 60.7 Å². The number of esters is 1. The van der Waals surface area contributed by atoms with Crippen LogP contribution < -0.4 is 4.74 Å². The second-order valence-corrected chi connectivity index (χ2v) is 8.61. The Bertz CT molecular complexity index is 993. The third-order valence-corrected chi connectivity index (χ3v) is 6.09. The van der Waals surface area contributed by atoms with E-state index in [4.69, 9.17) is 4.74 Å². The summed E-state index contributed by atoms with van der Waals surface area (Å²) in [6.07, 6.45) is 13.9. The third kappa shape index (κ3) is 6.85. The molecule has 0 aliphatic heterocycles. The Morgan fingerprint density at radius 1 is 0.750 bits per heavy atom. The number of aromatic hydroxyl groups is 1. The van der Waals surface area contributed by atoms with E-state index in [1.54, 1.807) is 12.1 Å². The molecule has 0 bridgehead atoms. The monoisotopic (exact) mass is 432 g/mol. The van der Waals surface area contributed by atoms with Gasteiger partial charge in [0.2, 0.25) is 0 Å². The Labute approximate surface area is 192 Å². The summed E-state index contributed by atoms with van der Waals surface area (Å²) in [4.78, 5) is 13.0. The molecule has 170 valence electrons. The van der Waals surface area contributed by atoms with Gasteiger partial charge in [-0.15, -0.1) is 0 Å². The first kappa shape index (κ1) is 23.8. The molecule has 1 N–H and O–H groups in total. The van der Waals surface area contributed by atoms with E-state index in [1.165, 1.54) is 57.8 Å². The standard InChI is InChI=1S/C29H36O3/c1-2-3-4-5-6-7-8-9-10-11-17-24-18-13-15-20-27(24)32-29(31)28-25-19-14-12-16-23(25)21-22-26(28)30/h12-16,18-22,30H,2-11,17H2,1H3. The van der Waals surface area contributed by atoms with Gasteiger partial charge in [-0.25, -0.2) is 4.79 Å². The van der Waals surface area contributed by atoms with Gasteiger partial charge < -0.3 is 9.84 Å². The molecule has 0 aliphatic rings. The fourth-order valence-corrected chi connectivity index (χ4v) is 4.24. The Morgan fingerprint density at radius 3 is 2.12 bits per heavy atom. The Balaban J connectivity index is 1.52. The van der Waals surface area contributed by atoms with Crippen molar-refractivity contribution in [1.29, 1.82) is 0 Å². The van der Waals surface area contributed by atoms with E-state index in [0.29, 0.717) is 11.1 Å². The number of carbonyl (C=O) groups excluding carboxylic acids is 1. The molecule has 0 aromatic heterocycles. The zero-order chi connectivity index (χ0) is 22.6. The minimum Gasteiger partial charge on any atom is -0.507 e. The minimum atomic E-state index is -0.519. The van der Waals surface area contributed by atoms with Crippen LogP contribution in [0.5, 0.6) is 11.5 Å². The van der Waals surface area contributed by atoms with E-state index in [-0.39, 0.29) is 11.3 Å². The number of rotatable bonds is 13. The van der Waals surface area contributed by atoms with E-state index < -0.39 is 5.97 Å². The summed E-state index contributed by atoms with van der Waals surface area (Å²) in [5.41, 5.74) is 1.26.